The molecule has 0 amide bonds. The second-order valence-corrected chi connectivity index (χ2v) is 9.35. The number of hydrogen-bond acceptors (Lipinski definition) is 3. The number of ketones is 2. The topological polar surface area (TPSA) is 37.4 Å². The van der Waals surface area contributed by atoms with E-state index in [1.807, 2.05) is 24.3 Å². The molecule has 3 aliphatic rings. The number of rotatable bonds is 2. The first kappa shape index (κ1) is 18.9. The highest BCUT2D eigenvalue weighted by atomic mass is 35.5. The van der Waals surface area contributed by atoms with Crippen molar-refractivity contribution in [3.05, 3.63) is 64.7 Å². The number of nitrogens with zero attached hydrogens (tertiary/aromatic N) is 1. The van der Waals surface area contributed by atoms with Gasteiger partial charge in [-0.1, -0.05) is 48.0 Å². The first-order chi connectivity index (χ1) is 14.1. The summed E-state index contributed by atoms with van der Waals surface area (Å²) < 4.78 is 0. The lowest BCUT2D eigenvalue weighted by Gasteiger charge is -2.54. The maximum absolute atomic E-state index is 13.3. The van der Waals surface area contributed by atoms with Crippen molar-refractivity contribution in [3.8, 4) is 0 Å². The van der Waals surface area contributed by atoms with Crippen molar-refractivity contribution in [1.29, 1.82) is 0 Å². The molecule has 2 aromatic rings. The van der Waals surface area contributed by atoms with Crippen LogP contribution in [0, 0.1) is 11.3 Å². The average Bonchev–Trinajstić information content (AvgIpc) is 2.73. The molecule has 1 saturated carbocycles. The van der Waals surface area contributed by atoms with Crippen LogP contribution in [0.25, 0.3) is 0 Å². The van der Waals surface area contributed by atoms with Crippen LogP contribution in [0.1, 0.15) is 43.2 Å². The molecule has 0 unspecified atom stereocenters. The Morgan fingerprint density at radius 3 is 2.55 bits per heavy atom. The molecule has 4 heteroatoms. The number of carbonyl (C=O) groups is 2. The van der Waals surface area contributed by atoms with Crippen LogP contribution in [0.5, 0.6) is 0 Å². The second kappa shape index (κ2) is 7.28. The van der Waals surface area contributed by atoms with Crippen LogP contribution in [0.3, 0.4) is 0 Å². The highest BCUT2D eigenvalue weighted by Crippen LogP contribution is 2.50. The highest BCUT2D eigenvalue weighted by Gasteiger charge is 2.58. The standard InChI is InChI=1S/C25H26ClNO2/c26-20-10-9-19-16-25(23(28)7-4-8-24(25)29)22-14-18(11-12-27(22)21(19)15-20)13-17-5-2-1-3-6-17/h1-3,5-6,9-10,15,18,22H,4,7-8,11-14,16H2/t18-,22-/m1/s1. The Bertz CT molecular complexity index is 939. The molecule has 0 radical (unpaired) electrons. The van der Waals surface area contributed by atoms with Crippen LogP contribution < -0.4 is 4.90 Å². The lowest BCUT2D eigenvalue weighted by Crippen LogP contribution is -2.64. The fourth-order valence-corrected chi connectivity index (χ4v) is 6.05. The van der Waals surface area contributed by atoms with Crippen molar-refractivity contribution in [2.24, 2.45) is 11.3 Å². The summed E-state index contributed by atoms with van der Waals surface area (Å²) in [6.07, 6.45) is 5.26. The van der Waals surface area contributed by atoms with Crippen LogP contribution in [-0.4, -0.2) is 24.2 Å². The predicted octanol–water partition coefficient (Wildman–Crippen LogP) is 5.03. The van der Waals surface area contributed by atoms with E-state index < -0.39 is 5.41 Å². The molecule has 2 heterocycles. The van der Waals surface area contributed by atoms with Crippen LogP contribution in [0.15, 0.2) is 48.5 Å². The summed E-state index contributed by atoms with van der Waals surface area (Å²) in [5.41, 5.74) is 2.68. The van der Waals surface area contributed by atoms with Gasteiger partial charge in [-0.3, -0.25) is 9.59 Å². The molecule has 0 aromatic heterocycles. The molecule has 5 rings (SSSR count). The number of benzene rings is 2. The van der Waals surface area contributed by atoms with Crippen molar-refractivity contribution in [2.45, 2.75) is 51.0 Å². The van der Waals surface area contributed by atoms with Crippen LogP contribution >= 0.6 is 11.6 Å². The normalized spacial score (nSPS) is 25.6. The maximum Gasteiger partial charge on any atom is 0.148 e. The Labute approximate surface area is 177 Å². The number of Topliss-reactive ketones (excluding diaryl/α,β-unsaturated/α-hetero) is 2. The highest BCUT2D eigenvalue weighted by molar-refractivity contribution is 6.31. The number of halogens is 1. The van der Waals surface area contributed by atoms with Crippen molar-refractivity contribution >= 4 is 28.9 Å². The summed E-state index contributed by atoms with van der Waals surface area (Å²) in [6.45, 7) is 0.873. The minimum atomic E-state index is -0.867. The number of piperidine rings is 1. The molecule has 2 fully saturated rings. The van der Waals surface area contributed by atoms with Gasteiger partial charge in [0.1, 0.15) is 17.0 Å². The summed E-state index contributed by atoms with van der Waals surface area (Å²) in [4.78, 5) is 28.9. The van der Waals surface area contributed by atoms with Crippen molar-refractivity contribution in [2.75, 3.05) is 11.4 Å². The van der Waals surface area contributed by atoms with Gasteiger partial charge >= 0.3 is 0 Å². The number of anilines is 1. The van der Waals surface area contributed by atoms with Gasteiger partial charge < -0.3 is 4.90 Å². The molecule has 0 bridgehead atoms. The van der Waals surface area contributed by atoms with Gasteiger partial charge in [0.15, 0.2) is 0 Å². The molecule has 1 aliphatic carbocycles. The summed E-state index contributed by atoms with van der Waals surface area (Å²) in [5, 5.41) is 0.714. The largest absolute Gasteiger partial charge is 0.367 e. The summed E-state index contributed by atoms with van der Waals surface area (Å²) in [7, 11) is 0. The first-order valence-corrected chi connectivity index (χ1v) is 11.1. The van der Waals surface area contributed by atoms with Gasteiger partial charge in [-0.05, 0) is 61.3 Å². The third-order valence-electron chi connectivity index (χ3n) is 7.28. The van der Waals surface area contributed by atoms with Crippen LogP contribution in [0.2, 0.25) is 5.02 Å². The molecule has 2 aromatic carbocycles. The Balaban J connectivity index is 1.54. The fourth-order valence-electron chi connectivity index (χ4n) is 5.88. The molecule has 0 N–H and O–H groups in total. The average molecular weight is 408 g/mol. The minimum Gasteiger partial charge on any atom is -0.367 e. The van der Waals surface area contributed by atoms with E-state index in [2.05, 4.69) is 29.2 Å². The maximum atomic E-state index is 13.3. The van der Waals surface area contributed by atoms with Crippen molar-refractivity contribution < 1.29 is 9.59 Å². The molecule has 1 spiro atoms. The van der Waals surface area contributed by atoms with Gasteiger partial charge in [0.2, 0.25) is 0 Å². The first-order valence-electron chi connectivity index (χ1n) is 10.7. The van der Waals surface area contributed by atoms with E-state index in [9.17, 15) is 9.59 Å². The Morgan fingerprint density at radius 1 is 1.03 bits per heavy atom. The number of hydrogen-bond donors (Lipinski definition) is 0. The molecule has 1 saturated heterocycles. The van der Waals surface area contributed by atoms with E-state index in [0.29, 0.717) is 36.6 Å². The monoisotopic (exact) mass is 407 g/mol. The van der Waals surface area contributed by atoms with Gasteiger partial charge in [-0.25, -0.2) is 0 Å². The van der Waals surface area contributed by atoms with Gasteiger partial charge in [0.05, 0.1) is 0 Å². The van der Waals surface area contributed by atoms with E-state index in [0.717, 1.165) is 37.1 Å². The fraction of sp³-hybridized carbons (Fsp3) is 0.440. The van der Waals surface area contributed by atoms with Crippen molar-refractivity contribution in [3.63, 3.8) is 0 Å². The lowest BCUT2D eigenvalue weighted by molar-refractivity contribution is -0.146. The molecule has 150 valence electrons. The van der Waals surface area contributed by atoms with Gasteiger partial charge in [0, 0.05) is 36.1 Å². The lowest BCUT2D eigenvalue weighted by atomic mass is 9.59. The van der Waals surface area contributed by atoms with Gasteiger partial charge in [-0.2, -0.15) is 0 Å². The third kappa shape index (κ3) is 3.11. The SMILES string of the molecule is O=C1CCCC(=O)C12Cc1ccc(Cl)cc1N1CC[C@H](Cc3ccccc3)C[C@@H]12. The molecule has 29 heavy (non-hydrogen) atoms. The molecule has 2 atom stereocenters. The quantitative estimate of drug-likeness (QED) is 0.655. The van der Waals surface area contributed by atoms with Crippen LogP contribution in [-0.2, 0) is 22.4 Å². The number of fused-ring (bicyclic) bond motifs is 4. The zero-order valence-electron chi connectivity index (χ0n) is 16.6. The van der Waals surface area contributed by atoms with Gasteiger partial charge in [-0.15, -0.1) is 0 Å². The molecule has 2 aliphatic heterocycles. The Kier molecular flexibility index (Phi) is 4.74. The second-order valence-electron chi connectivity index (χ2n) is 8.91. The predicted molar refractivity (Wildman–Crippen MR) is 115 cm³/mol. The zero-order chi connectivity index (χ0) is 20.0. The summed E-state index contributed by atoms with van der Waals surface area (Å²) >= 11 is 6.32. The van der Waals surface area contributed by atoms with Gasteiger partial charge in [0.25, 0.3) is 0 Å². The Hall–Kier alpha value is -2.13. The molecular weight excluding hydrogens is 382 g/mol. The van der Waals surface area contributed by atoms with E-state index >= 15 is 0 Å². The van der Waals surface area contributed by atoms with E-state index in [1.165, 1.54) is 5.56 Å². The molecular formula is C25H26ClNO2. The van der Waals surface area contributed by atoms with E-state index in [-0.39, 0.29) is 17.6 Å². The zero-order valence-corrected chi connectivity index (χ0v) is 17.3. The summed E-state index contributed by atoms with van der Waals surface area (Å²) in [6, 6.07) is 16.4. The molecule has 3 nitrogen and oxygen atoms in total. The van der Waals surface area contributed by atoms with Crippen molar-refractivity contribution in [1.82, 2.24) is 0 Å². The van der Waals surface area contributed by atoms with E-state index in [1.54, 1.807) is 0 Å². The van der Waals surface area contributed by atoms with E-state index in [4.69, 9.17) is 11.6 Å². The minimum absolute atomic E-state index is 0.0452. The number of carbonyl (C=O) groups excluding carboxylic acids is 2. The smallest absolute Gasteiger partial charge is 0.148 e. The Morgan fingerprint density at radius 2 is 1.79 bits per heavy atom. The van der Waals surface area contributed by atoms with Crippen LogP contribution in [0.4, 0.5) is 5.69 Å². The summed E-state index contributed by atoms with van der Waals surface area (Å²) in [5.74, 6) is 0.799. The third-order valence-corrected chi connectivity index (χ3v) is 7.51.